The van der Waals surface area contributed by atoms with Crippen LogP contribution in [0, 0.1) is 0 Å². The molecule has 5 nitrogen and oxygen atoms in total. The molecule has 2 aromatic rings. The van der Waals surface area contributed by atoms with Crippen LogP contribution in [-0.4, -0.2) is 31.4 Å². The molecule has 0 radical (unpaired) electrons. The van der Waals surface area contributed by atoms with E-state index in [-0.39, 0.29) is 6.54 Å². The van der Waals surface area contributed by atoms with Crippen molar-refractivity contribution in [1.29, 1.82) is 0 Å². The van der Waals surface area contributed by atoms with E-state index in [0.29, 0.717) is 24.2 Å². The molecule has 0 spiro atoms. The molecule has 0 aromatic heterocycles. The van der Waals surface area contributed by atoms with Gasteiger partial charge in [-0.2, -0.15) is 17.5 Å². The molecule has 0 saturated carbocycles. The van der Waals surface area contributed by atoms with Crippen LogP contribution in [0.4, 0.5) is 18.9 Å². The molecule has 0 fully saturated rings. The number of carbonyl (C=O) groups is 1. The number of carbonyl (C=O) groups excluding carboxylic acids is 1. The molecular weight excluding hydrogens is 405 g/mol. The third-order valence-electron chi connectivity index (χ3n) is 4.62. The molecule has 9 heteroatoms. The fourth-order valence-corrected chi connectivity index (χ4v) is 3.91. The van der Waals surface area contributed by atoms with E-state index < -0.39 is 27.7 Å². The van der Waals surface area contributed by atoms with E-state index in [9.17, 15) is 26.4 Å². The summed E-state index contributed by atoms with van der Waals surface area (Å²) >= 11 is 0. The van der Waals surface area contributed by atoms with Gasteiger partial charge in [0.05, 0.1) is 11.8 Å². The SMILES string of the molecule is CS(=O)(=O)N1CCc2c(cccc2NC(=O)/C=C/c2ccc(C(F)(F)F)cc2)C1. The molecule has 1 N–H and O–H groups in total. The first-order valence-electron chi connectivity index (χ1n) is 8.76. The van der Waals surface area contributed by atoms with Crippen LogP contribution in [0.25, 0.3) is 6.08 Å². The van der Waals surface area contributed by atoms with Gasteiger partial charge in [0, 0.05) is 24.9 Å². The number of anilines is 1. The van der Waals surface area contributed by atoms with Gasteiger partial charge in [0.2, 0.25) is 15.9 Å². The van der Waals surface area contributed by atoms with E-state index in [1.54, 1.807) is 12.1 Å². The first-order valence-corrected chi connectivity index (χ1v) is 10.6. The second-order valence-corrected chi connectivity index (χ2v) is 8.71. The predicted octanol–water partition coefficient (Wildman–Crippen LogP) is 3.68. The maximum atomic E-state index is 12.6. The van der Waals surface area contributed by atoms with Crippen LogP contribution >= 0.6 is 0 Å². The lowest BCUT2D eigenvalue weighted by Crippen LogP contribution is -2.35. The maximum absolute atomic E-state index is 12.6. The third-order valence-corrected chi connectivity index (χ3v) is 5.87. The highest BCUT2D eigenvalue weighted by atomic mass is 32.2. The zero-order chi connectivity index (χ0) is 21.2. The summed E-state index contributed by atoms with van der Waals surface area (Å²) < 4.78 is 62.6. The lowest BCUT2D eigenvalue weighted by molar-refractivity contribution is -0.137. The summed E-state index contributed by atoms with van der Waals surface area (Å²) in [5.74, 6) is -0.427. The number of nitrogens with zero attached hydrogens (tertiary/aromatic N) is 1. The van der Waals surface area contributed by atoms with Crippen LogP contribution in [0.2, 0.25) is 0 Å². The monoisotopic (exact) mass is 424 g/mol. The molecule has 0 bridgehead atoms. The fraction of sp³-hybridized carbons (Fsp3) is 0.250. The Kier molecular flexibility index (Phi) is 5.81. The molecular formula is C20H19F3N2O3S. The smallest absolute Gasteiger partial charge is 0.322 e. The van der Waals surface area contributed by atoms with E-state index in [2.05, 4.69) is 5.32 Å². The number of hydrogen-bond donors (Lipinski definition) is 1. The van der Waals surface area contributed by atoms with Crippen molar-refractivity contribution in [1.82, 2.24) is 4.31 Å². The largest absolute Gasteiger partial charge is 0.416 e. The Labute approximate surface area is 166 Å². The highest BCUT2D eigenvalue weighted by Gasteiger charge is 2.29. The summed E-state index contributed by atoms with van der Waals surface area (Å²) in [5.41, 5.74) is 2.01. The molecule has 0 unspecified atom stereocenters. The number of alkyl halides is 3. The molecule has 1 heterocycles. The topological polar surface area (TPSA) is 66.5 Å². The van der Waals surface area contributed by atoms with Gasteiger partial charge >= 0.3 is 6.18 Å². The molecule has 1 aliphatic heterocycles. The second-order valence-electron chi connectivity index (χ2n) is 6.73. The molecule has 1 aliphatic rings. The number of sulfonamides is 1. The van der Waals surface area contributed by atoms with Gasteiger partial charge in [-0.25, -0.2) is 8.42 Å². The summed E-state index contributed by atoms with van der Waals surface area (Å²) in [6, 6.07) is 9.78. The standard InChI is InChI=1S/C20H19F3N2O3S/c1-29(27,28)25-12-11-17-15(13-25)3-2-4-18(17)24-19(26)10-7-14-5-8-16(9-6-14)20(21,22)23/h2-10H,11-13H2,1H3,(H,24,26)/b10-7+. The van der Waals surface area contributed by atoms with Crippen molar-refractivity contribution in [3.8, 4) is 0 Å². The van der Waals surface area contributed by atoms with Gasteiger partial charge in [0.15, 0.2) is 0 Å². The number of benzene rings is 2. The normalized spacial score (nSPS) is 15.3. The molecule has 1 amide bonds. The highest BCUT2D eigenvalue weighted by molar-refractivity contribution is 7.88. The Morgan fingerprint density at radius 1 is 1.14 bits per heavy atom. The zero-order valence-corrected chi connectivity index (χ0v) is 16.3. The van der Waals surface area contributed by atoms with E-state index in [4.69, 9.17) is 0 Å². The molecule has 0 saturated heterocycles. The molecule has 154 valence electrons. The highest BCUT2D eigenvalue weighted by Crippen LogP contribution is 2.29. The summed E-state index contributed by atoms with van der Waals surface area (Å²) in [7, 11) is -3.29. The average molecular weight is 424 g/mol. The fourth-order valence-electron chi connectivity index (χ4n) is 3.11. The third kappa shape index (κ3) is 5.24. The Balaban J connectivity index is 1.70. The summed E-state index contributed by atoms with van der Waals surface area (Å²) in [4.78, 5) is 12.2. The van der Waals surface area contributed by atoms with Crippen molar-refractivity contribution in [3.05, 3.63) is 70.8 Å². The van der Waals surface area contributed by atoms with Crippen LogP contribution in [0.3, 0.4) is 0 Å². The van der Waals surface area contributed by atoms with Crippen LogP contribution in [-0.2, 0) is 34.0 Å². The van der Waals surface area contributed by atoms with Gasteiger partial charge in [0.25, 0.3) is 0 Å². The minimum atomic E-state index is -4.40. The molecule has 29 heavy (non-hydrogen) atoms. The number of nitrogens with one attached hydrogen (secondary N) is 1. The van der Waals surface area contributed by atoms with Crippen LogP contribution in [0.1, 0.15) is 22.3 Å². The Bertz CT molecular complexity index is 1050. The van der Waals surface area contributed by atoms with Crippen molar-refractivity contribution < 1.29 is 26.4 Å². The van der Waals surface area contributed by atoms with E-state index in [1.807, 2.05) is 6.07 Å². The van der Waals surface area contributed by atoms with Crippen molar-refractivity contribution in [2.45, 2.75) is 19.1 Å². The van der Waals surface area contributed by atoms with Gasteiger partial charge in [-0.05, 0) is 47.4 Å². The van der Waals surface area contributed by atoms with Gasteiger partial charge in [0.1, 0.15) is 0 Å². The quantitative estimate of drug-likeness (QED) is 0.762. The Morgan fingerprint density at radius 2 is 1.83 bits per heavy atom. The van der Waals surface area contributed by atoms with E-state index in [0.717, 1.165) is 29.5 Å². The Hall–Kier alpha value is -2.65. The van der Waals surface area contributed by atoms with Crippen molar-refractivity contribution in [2.75, 3.05) is 18.1 Å². The maximum Gasteiger partial charge on any atom is 0.416 e. The van der Waals surface area contributed by atoms with Crippen molar-refractivity contribution in [2.24, 2.45) is 0 Å². The summed E-state index contributed by atoms with van der Waals surface area (Å²) in [5, 5.41) is 2.76. The molecule has 0 atom stereocenters. The summed E-state index contributed by atoms with van der Waals surface area (Å²) in [6.45, 7) is 0.583. The number of halogens is 3. The average Bonchev–Trinajstić information content (AvgIpc) is 2.65. The van der Waals surface area contributed by atoms with Crippen LogP contribution in [0.15, 0.2) is 48.5 Å². The predicted molar refractivity (Wildman–Crippen MR) is 105 cm³/mol. The van der Waals surface area contributed by atoms with E-state index in [1.165, 1.54) is 28.6 Å². The van der Waals surface area contributed by atoms with Crippen LogP contribution in [0.5, 0.6) is 0 Å². The summed E-state index contributed by atoms with van der Waals surface area (Å²) in [6.07, 6.45) is -0.0975. The minimum absolute atomic E-state index is 0.249. The second kappa shape index (κ2) is 8.00. The minimum Gasteiger partial charge on any atom is -0.322 e. The first-order chi connectivity index (χ1) is 13.5. The number of hydrogen-bond acceptors (Lipinski definition) is 3. The molecule has 2 aromatic carbocycles. The van der Waals surface area contributed by atoms with E-state index >= 15 is 0 Å². The van der Waals surface area contributed by atoms with Crippen molar-refractivity contribution >= 4 is 27.7 Å². The van der Waals surface area contributed by atoms with Crippen molar-refractivity contribution in [3.63, 3.8) is 0 Å². The van der Waals surface area contributed by atoms with Crippen LogP contribution < -0.4 is 5.32 Å². The van der Waals surface area contributed by atoms with Gasteiger partial charge in [-0.1, -0.05) is 24.3 Å². The Morgan fingerprint density at radius 3 is 2.45 bits per heavy atom. The lowest BCUT2D eigenvalue weighted by Gasteiger charge is -2.28. The molecule has 0 aliphatic carbocycles. The van der Waals surface area contributed by atoms with Gasteiger partial charge in [-0.3, -0.25) is 4.79 Å². The number of rotatable bonds is 4. The lowest BCUT2D eigenvalue weighted by atomic mass is 9.99. The first kappa shape index (κ1) is 21.1. The number of fused-ring (bicyclic) bond motifs is 1. The van der Waals surface area contributed by atoms with Gasteiger partial charge < -0.3 is 5.32 Å². The zero-order valence-electron chi connectivity index (χ0n) is 15.5. The molecule has 3 rings (SSSR count). The number of amides is 1. The van der Waals surface area contributed by atoms with Gasteiger partial charge in [-0.15, -0.1) is 0 Å².